The minimum Gasteiger partial charge on any atom is -0.497 e. The van der Waals surface area contributed by atoms with E-state index in [4.69, 9.17) is 9.84 Å². The zero-order chi connectivity index (χ0) is 23.6. The van der Waals surface area contributed by atoms with Crippen molar-refractivity contribution in [2.24, 2.45) is 0 Å². The van der Waals surface area contributed by atoms with Gasteiger partial charge in [0.15, 0.2) is 5.69 Å². The predicted octanol–water partition coefficient (Wildman–Crippen LogP) is 4.38. The van der Waals surface area contributed by atoms with Crippen molar-refractivity contribution in [3.8, 4) is 11.4 Å². The van der Waals surface area contributed by atoms with Crippen LogP contribution in [0.2, 0.25) is 0 Å². The molecule has 0 aliphatic rings. The number of methoxy groups -OCH3 is 1. The first kappa shape index (κ1) is 22.3. The second-order valence-corrected chi connectivity index (χ2v) is 8.90. The van der Waals surface area contributed by atoms with E-state index in [1.54, 1.807) is 11.8 Å². The fraction of sp³-hybridized carbons (Fsp3) is 0.280. The Morgan fingerprint density at radius 2 is 1.76 bits per heavy atom. The third-order valence-electron chi connectivity index (χ3n) is 5.39. The highest BCUT2D eigenvalue weighted by Gasteiger charge is 2.23. The van der Waals surface area contributed by atoms with Crippen LogP contribution in [0.1, 0.15) is 48.2 Å². The number of nitrogens with one attached hydrogen (secondary N) is 1. The minimum atomic E-state index is -0.332. The summed E-state index contributed by atoms with van der Waals surface area (Å²) in [6.07, 6.45) is 0. The van der Waals surface area contributed by atoms with Gasteiger partial charge in [0.2, 0.25) is 0 Å². The number of amides is 1. The molecule has 0 saturated heterocycles. The molecule has 0 aliphatic heterocycles. The maximum absolute atomic E-state index is 13.2. The van der Waals surface area contributed by atoms with E-state index in [-0.39, 0.29) is 17.0 Å². The largest absolute Gasteiger partial charge is 0.497 e. The topological polar surface area (TPSA) is 86.9 Å². The molecule has 0 atom stereocenters. The molecule has 2 aromatic carbocycles. The van der Waals surface area contributed by atoms with Crippen LogP contribution in [0.15, 0.2) is 60.7 Å². The summed E-state index contributed by atoms with van der Waals surface area (Å²) in [5, 5.41) is 16.1. The Morgan fingerprint density at radius 1 is 1.06 bits per heavy atom. The quantitative estimate of drug-likeness (QED) is 0.477. The summed E-state index contributed by atoms with van der Waals surface area (Å²) in [6.45, 7) is 8.65. The van der Waals surface area contributed by atoms with Crippen LogP contribution in [0.5, 0.6) is 5.75 Å². The van der Waals surface area contributed by atoms with Crippen molar-refractivity contribution in [3.63, 3.8) is 0 Å². The van der Waals surface area contributed by atoms with Gasteiger partial charge in [-0.25, -0.2) is 9.36 Å². The van der Waals surface area contributed by atoms with Crippen LogP contribution >= 0.6 is 0 Å². The lowest BCUT2D eigenvalue weighted by molar-refractivity contribution is 0.102. The van der Waals surface area contributed by atoms with Gasteiger partial charge in [0.05, 0.1) is 30.7 Å². The van der Waals surface area contributed by atoms with Crippen molar-refractivity contribution >= 4 is 11.7 Å². The van der Waals surface area contributed by atoms with Gasteiger partial charge < -0.3 is 10.1 Å². The number of hydrogen-bond acceptors (Lipinski definition) is 5. The summed E-state index contributed by atoms with van der Waals surface area (Å²) >= 11 is 0. The molecule has 0 bridgehead atoms. The standard InChI is InChI=1S/C25H28N6O2/c1-17-23(27-29-31(17)19-11-13-20(33-5)14-12-19)24(32)26-22-15-21(25(2,3)4)28-30(22)16-18-9-7-6-8-10-18/h6-15H,16H2,1-5H3,(H,26,32). The fourth-order valence-corrected chi connectivity index (χ4v) is 3.44. The second-order valence-electron chi connectivity index (χ2n) is 8.90. The van der Waals surface area contributed by atoms with Crippen molar-refractivity contribution in [3.05, 3.63) is 83.3 Å². The number of nitrogens with zero attached hydrogens (tertiary/aromatic N) is 5. The molecule has 0 aliphatic carbocycles. The molecule has 2 aromatic heterocycles. The molecule has 0 fully saturated rings. The van der Waals surface area contributed by atoms with E-state index in [1.807, 2.05) is 72.3 Å². The van der Waals surface area contributed by atoms with Crippen LogP contribution in [-0.4, -0.2) is 37.8 Å². The number of benzene rings is 2. The SMILES string of the molecule is COc1ccc(-n2nnc(C(=O)Nc3cc(C(C)(C)C)nn3Cc3ccccc3)c2C)cc1. The first-order valence-corrected chi connectivity index (χ1v) is 10.8. The predicted molar refractivity (Wildman–Crippen MR) is 127 cm³/mol. The molecule has 2 heterocycles. The van der Waals surface area contributed by atoms with Crippen LogP contribution in [0.4, 0.5) is 5.82 Å². The molecular formula is C25H28N6O2. The normalized spacial score (nSPS) is 11.4. The van der Waals surface area contributed by atoms with Crippen LogP contribution < -0.4 is 10.1 Å². The number of rotatable bonds is 6. The van der Waals surface area contributed by atoms with Crippen molar-refractivity contribution in [2.45, 2.75) is 39.7 Å². The summed E-state index contributed by atoms with van der Waals surface area (Å²) in [6, 6.07) is 19.4. The van der Waals surface area contributed by atoms with Gasteiger partial charge in [-0.15, -0.1) is 5.10 Å². The highest BCUT2D eigenvalue weighted by molar-refractivity contribution is 6.03. The Bertz CT molecular complexity index is 1250. The summed E-state index contributed by atoms with van der Waals surface area (Å²) in [5.41, 5.74) is 3.53. The van der Waals surface area contributed by atoms with E-state index in [9.17, 15) is 4.79 Å². The van der Waals surface area contributed by atoms with Gasteiger partial charge in [0.1, 0.15) is 11.6 Å². The van der Waals surface area contributed by atoms with E-state index in [2.05, 4.69) is 36.4 Å². The van der Waals surface area contributed by atoms with E-state index < -0.39 is 0 Å². The Hall–Kier alpha value is -3.94. The van der Waals surface area contributed by atoms with Crippen molar-refractivity contribution < 1.29 is 9.53 Å². The number of aromatic nitrogens is 5. The lowest BCUT2D eigenvalue weighted by atomic mass is 9.92. The molecule has 0 radical (unpaired) electrons. The molecule has 1 N–H and O–H groups in total. The summed E-state index contributed by atoms with van der Waals surface area (Å²) < 4.78 is 8.66. The molecule has 8 heteroatoms. The molecule has 0 spiro atoms. The third kappa shape index (κ3) is 4.79. The van der Waals surface area contributed by atoms with Gasteiger partial charge in [-0.1, -0.05) is 56.3 Å². The van der Waals surface area contributed by atoms with Crippen molar-refractivity contribution in [1.29, 1.82) is 0 Å². The lowest BCUT2D eigenvalue weighted by Gasteiger charge is -2.14. The Labute approximate surface area is 193 Å². The first-order valence-electron chi connectivity index (χ1n) is 10.8. The number of ether oxygens (including phenoxy) is 1. The Kier molecular flexibility index (Phi) is 6.00. The maximum Gasteiger partial charge on any atom is 0.279 e. The number of carbonyl (C=O) groups is 1. The molecule has 33 heavy (non-hydrogen) atoms. The Morgan fingerprint density at radius 3 is 2.39 bits per heavy atom. The van der Waals surface area contributed by atoms with Gasteiger partial charge in [-0.2, -0.15) is 5.10 Å². The highest BCUT2D eigenvalue weighted by Crippen LogP contribution is 2.25. The molecule has 0 saturated carbocycles. The monoisotopic (exact) mass is 444 g/mol. The molecule has 8 nitrogen and oxygen atoms in total. The summed E-state index contributed by atoms with van der Waals surface area (Å²) in [5.74, 6) is 1.03. The van der Waals surface area contributed by atoms with E-state index in [1.165, 1.54) is 0 Å². The van der Waals surface area contributed by atoms with Crippen LogP contribution in [0.3, 0.4) is 0 Å². The summed E-state index contributed by atoms with van der Waals surface area (Å²) in [4.78, 5) is 13.2. The average Bonchev–Trinajstić information content (AvgIpc) is 3.38. The second kappa shape index (κ2) is 8.90. The van der Waals surface area contributed by atoms with Crippen molar-refractivity contribution in [1.82, 2.24) is 24.8 Å². The van der Waals surface area contributed by atoms with Gasteiger partial charge in [0.25, 0.3) is 5.91 Å². The number of hydrogen-bond donors (Lipinski definition) is 1. The van der Waals surface area contributed by atoms with E-state index >= 15 is 0 Å². The van der Waals surface area contributed by atoms with Gasteiger partial charge in [-0.05, 0) is 36.8 Å². The maximum atomic E-state index is 13.2. The van der Waals surface area contributed by atoms with Crippen LogP contribution in [0.25, 0.3) is 5.69 Å². The van der Waals surface area contributed by atoms with Crippen molar-refractivity contribution in [2.75, 3.05) is 12.4 Å². The molecule has 4 aromatic rings. The molecular weight excluding hydrogens is 416 g/mol. The highest BCUT2D eigenvalue weighted by atomic mass is 16.5. The molecule has 4 rings (SSSR count). The van der Waals surface area contributed by atoms with E-state index in [0.29, 0.717) is 18.1 Å². The summed E-state index contributed by atoms with van der Waals surface area (Å²) in [7, 11) is 1.62. The molecule has 0 unspecified atom stereocenters. The minimum absolute atomic E-state index is 0.158. The van der Waals surface area contributed by atoms with Gasteiger partial charge in [0, 0.05) is 11.5 Å². The fourth-order valence-electron chi connectivity index (χ4n) is 3.44. The Balaban J connectivity index is 1.61. The number of anilines is 1. The van der Waals surface area contributed by atoms with Gasteiger partial charge >= 0.3 is 0 Å². The smallest absolute Gasteiger partial charge is 0.279 e. The third-order valence-corrected chi connectivity index (χ3v) is 5.39. The molecule has 1 amide bonds. The first-order chi connectivity index (χ1) is 15.8. The zero-order valence-electron chi connectivity index (χ0n) is 19.5. The average molecular weight is 445 g/mol. The lowest BCUT2D eigenvalue weighted by Crippen LogP contribution is -2.18. The van der Waals surface area contributed by atoms with Crippen LogP contribution in [0, 0.1) is 6.92 Å². The van der Waals surface area contributed by atoms with Crippen LogP contribution in [-0.2, 0) is 12.0 Å². The van der Waals surface area contributed by atoms with E-state index in [0.717, 1.165) is 22.7 Å². The number of carbonyl (C=O) groups excluding carboxylic acids is 1. The van der Waals surface area contributed by atoms with Gasteiger partial charge in [-0.3, -0.25) is 4.79 Å². The molecule has 170 valence electrons. The zero-order valence-corrected chi connectivity index (χ0v) is 19.5.